The summed E-state index contributed by atoms with van der Waals surface area (Å²) >= 11 is 0. The Kier molecular flexibility index (Phi) is 7.95. The first kappa shape index (κ1) is 15.7. The van der Waals surface area contributed by atoms with Crippen LogP contribution >= 0.6 is 0 Å². The van der Waals surface area contributed by atoms with Gasteiger partial charge in [-0.1, -0.05) is 63.4 Å². The summed E-state index contributed by atoms with van der Waals surface area (Å²) in [5.41, 5.74) is 1.12. The van der Waals surface area contributed by atoms with Crippen molar-refractivity contribution in [2.75, 3.05) is 13.1 Å². The van der Waals surface area contributed by atoms with E-state index in [4.69, 9.17) is 0 Å². The van der Waals surface area contributed by atoms with Crippen molar-refractivity contribution < 1.29 is 4.79 Å². The van der Waals surface area contributed by atoms with Crippen LogP contribution in [0.5, 0.6) is 0 Å². The topological polar surface area (TPSA) is 20.3 Å². The fraction of sp³-hybridized carbons (Fsp3) is 0.588. The monoisotopic (exact) mass is 261 g/mol. The zero-order valence-electron chi connectivity index (χ0n) is 12.4. The molecular formula is C17H27NO. The van der Waals surface area contributed by atoms with Crippen LogP contribution in [0, 0.1) is 0 Å². The summed E-state index contributed by atoms with van der Waals surface area (Å²) in [4.78, 5) is 14.4. The molecule has 0 saturated carbocycles. The van der Waals surface area contributed by atoms with E-state index >= 15 is 0 Å². The molecule has 19 heavy (non-hydrogen) atoms. The molecule has 0 aliphatic rings. The van der Waals surface area contributed by atoms with E-state index in [0.717, 1.165) is 37.9 Å². The minimum atomic E-state index is 0.274. The van der Waals surface area contributed by atoms with Gasteiger partial charge in [-0.3, -0.25) is 4.79 Å². The van der Waals surface area contributed by atoms with E-state index in [-0.39, 0.29) is 5.91 Å². The minimum absolute atomic E-state index is 0.274. The van der Waals surface area contributed by atoms with Gasteiger partial charge >= 0.3 is 0 Å². The Morgan fingerprint density at radius 1 is 0.947 bits per heavy atom. The van der Waals surface area contributed by atoms with Crippen LogP contribution in [-0.2, 0) is 11.2 Å². The summed E-state index contributed by atoms with van der Waals surface area (Å²) in [6, 6.07) is 10.0. The third-order valence-electron chi connectivity index (χ3n) is 3.36. The number of benzene rings is 1. The van der Waals surface area contributed by atoms with Gasteiger partial charge in [-0.05, 0) is 18.4 Å². The molecule has 0 atom stereocenters. The highest BCUT2D eigenvalue weighted by molar-refractivity contribution is 5.78. The Balaban J connectivity index is 2.49. The number of carbonyl (C=O) groups is 1. The van der Waals surface area contributed by atoms with E-state index in [1.807, 2.05) is 35.2 Å². The smallest absolute Gasteiger partial charge is 0.226 e. The van der Waals surface area contributed by atoms with Gasteiger partial charge in [-0.15, -0.1) is 0 Å². The average Bonchev–Trinajstić information content (AvgIpc) is 2.43. The van der Waals surface area contributed by atoms with E-state index in [1.165, 1.54) is 12.8 Å². The molecule has 0 saturated heterocycles. The van der Waals surface area contributed by atoms with Crippen LogP contribution in [0.2, 0.25) is 0 Å². The van der Waals surface area contributed by atoms with Gasteiger partial charge in [-0.25, -0.2) is 0 Å². The van der Waals surface area contributed by atoms with E-state index in [9.17, 15) is 4.79 Å². The van der Waals surface area contributed by atoms with Crippen LogP contribution in [0.3, 0.4) is 0 Å². The molecule has 0 aliphatic heterocycles. The Morgan fingerprint density at radius 3 is 2.21 bits per heavy atom. The normalized spacial score (nSPS) is 10.4. The summed E-state index contributed by atoms with van der Waals surface area (Å²) in [5.74, 6) is 0.274. The molecule has 2 heteroatoms. The maximum atomic E-state index is 12.3. The quantitative estimate of drug-likeness (QED) is 0.614. The molecular weight excluding hydrogens is 234 g/mol. The third-order valence-corrected chi connectivity index (χ3v) is 3.36. The summed E-state index contributed by atoms with van der Waals surface area (Å²) in [6.07, 6.45) is 6.32. The third kappa shape index (κ3) is 6.42. The van der Waals surface area contributed by atoms with Gasteiger partial charge < -0.3 is 4.90 Å². The number of amides is 1. The van der Waals surface area contributed by atoms with Gasteiger partial charge in [0.05, 0.1) is 6.42 Å². The zero-order valence-corrected chi connectivity index (χ0v) is 12.4. The highest BCUT2D eigenvalue weighted by Crippen LogP contribution is 2.06. The summed E-state index contributed by atoms with van der Waals surface area (Å²) in [6.45, 7) is 6.19. The minimum Gasteiger partial charge on any atom is -0.342 e. The number of unbranched alkanes of at least 4 members (excludes halogenated alkanes) is 3. The largest absolute Gasteiger partial charge is 0.342 e. The van der Waals surface area contributed by atoms with Crippen molar-refractivity contribution in [1.82, 2.24) is 4.90 Å². The number of hydrogen-bond acceptors (Lipinski definition) is 1. The second-order valence-electron chi connectivity index (χ2n) is 5.10. The number of nitrogens with zero attached hydrogens (tertiary/aromatic N) is 1. The van der Waals surface area contributed by atoms with Crippen molar-refractivity contribution in [3.63, 3.8) is 0 Å². The molecule has 0 aliphatic carbocycles. The summed E-state index contributed by atoms with van der Waals surface area (Å²) < 4.78 is 0. The van der Waals surface area contributed by atoms with Gasteiger partial charge in [0.25, 0.3) is 0 Å². The number of carbonyl (C=O) groups excluding carboxylic acids is 1. The maximum absolute atomic E-state index is 12.3. The molecule has 1 aromatic carbocycles. The van der Waals surface area contributed by atoms with Crippen molar-refractivity contribution in [2.45, 2.75) is 52.4 Å². The molecule has 0 N–H and O–H groups in total. The lowest BCUT2D eigenvalue weighted by Crippen LogP contribution is -2.34. The molecule has 1 aromatic rings. The van der Waals surface area contributed by atoms with E-state index in [1.54, 1.807) is 0 Å². The zero-order chi connectivity index (χ0) is 13.9. The van der Waals surface area contributed by atoms with Crippen molar-refractivity contribution >= 4 is 5.91 Å². The maximum Gasteiger partial charge on any atom is 0.226 e. The molecule has 106 valence electrons. The van der Waals surface area contributed by atoms with E-state index < -0.39 is 0 Å². The fourth-order valence-corrected chi connectivity index (χ4v) is 2.15. The van der Waals surface area contributed by atoms with Gasteiger partial charge in [0.2, 0.25) is 5.91 Å². The van der Waals surface area contributed by atoms with E-state index in [0.29, 0.717) is 6.42 Å². The lowest BCUT2D eigenvalue weighted by molar-refractivity contribution is -0.130. The molecule has 0 radical (unpaired) electrons. The lowest BCUT2D eigenvalue weighted by Gasteiger charge is -2.22. The molecule has 2 nitrogen and oxygen atoms in total. The first-order valence-corrected chi connectivity index (χ1v) is 7.59. The van der Waals surface area contributed by atoms with Crippen molar-refractivity contribution in [3.05, 3.63) is 35.9 Å². The SMILES string of the molecule is CCCCCN(CCCC)C(=O)Cc1ccccc1. The number of hydrogen-bond donors (Lipinski definition) is 0. The number of rotatable bonds is 9. The summed E-state index contributed by atoms with van der Waals surface area (Å²) in [7, 11) is 0. The molecule has 0 unspecified atom stereocenters. The van der Waals surface area contributed by atoms with Crippen LogP contribution in [0.1, 0.15) is 51.5 Å². The first-order chi connectivity index (χ1) is 9.27. The van der Waals surface area contributed by atoms with Crippen LogP contribution in [0.25, 0.3) is 0 Å². The van der Waals surface area contributed by atoms with Gasteiger partial charge in [0.15, 0.2) is 0 Å². The molecule has 0 spiro atoms. The second-order valence-corrected chi connectivity index (χ2v) is 5.10. The molecule has 1 rings (SSSR count). The highest BCUT2D eigenvalue weighted by Gasteiger charge is 2.12. The first-order valence-electron chi connectivity index (χ1n) is 7.59. The van der Waals surface area contributed by atoms with Gasteiger partial charge in [0.1, 0.15) is 0 Å². The Hall–Kier alpha value is -1.31. The van der Waals surface area contributed by atoms with Gasteiger partial charge in [0, 0.05) is 13.1 Å². The average molecular weight is 261 g/mol. The predicted molar refractivity (Wildman–Crippen MR) is 81.2 cm³/mol. The van der Waals surface area contributed by atoms with E-state index in [2.05, 4.69) is 13.8 Å². The molecule has 1 amide bonds. The Labute approximate surface area is 117 Å². The van der Waals surface area contributed by atoms with Gasteiger partial charge in [-0.2, -0.15) is 0 Å². The molecule has 0 bridgehead atoms. The van der Waals surface area contributed by atoms with Crippen LogP contribution < -0.4 is 0 Å². The van der Waals surface area contributed by atoms with Crippen LogP contribution in [-0.4, -0.2) is 23.9 Å². The Morgan fingerprint density at radius 2 is 1.58 bits per heavy atom. The molecule has 0 fully saturated rings. The standard InChI is InChI=1S/C17H27NO/c1-3-5-10-14-18(13-6-4-2)17(19)15-16-11-8-7-9-12-16/h7-9,11-12H,3-6,10,13-15H2,1-2H3. The van der Waals surface area contributed by atoms with Crippen molar-refractivity contribution in [3.8, 4) is 0 Å². The molecule has 0 aromatic heterocycles. The fourth-order valence-electron chi connectivity index (χ4n) is 2.15. The molecule has 0 heterocycles. The van der Waals surface area contributed by atoms with Crippen molar-refractivity contribution in [1.29, 1.82) is 0 Å². The Bertz CT molecular complexity index is 348. The van der Waals surface area contributed by atoms with Crippen LogP contribution in [0.4, 0.5) is 0 Å². The lowest BCUT2D eigenvalue weighted by atomic mass is 10.1. The highest BCUT2D eigenvalue weighted by atomic mass is 16.2. The second kappa shape index (κ2) is 9.60. The van der Waals surface area contributed by atoms with Crippen LogP contribution in [0.15, 0.2) is 30.3 Å². The predicted octanol–water partition coefficient (Wildman–Crippen LogP) is 4.05. The van der Waals surface area contributed by atoms with Crippen molar-refractivity contribution in [2.24, 2.45) is 0 Å². The summed E-state index contributed by atoms with van der Waals surface area (Å²) in [5, 5.41) is 0.